The van der Waals surface area contributed by atoms with Gasteiger partial charge in [0.2, 0.25) is 0 Å². The molecule has 1 heterocycles. The zero-order valence-electron chi connectivity index (χ0n) is 9.00. The normalized spacial score (nSPS) is 8.92. The van der Waals surface area contributed by atoms with Crippen LogP contribution in [0.4, 0.5) is 0 Å². The highest BCUT2D eigenvalue weighted by Gasteiger charge is 1.93. The van der Waals surface area contributed by atoms with Crippen molar-refractivity contribution in [3.8, 4) is 0 Å². The third-order valence-electron chi connectivity index (χ3n) is 1.81. The quantitative estimate of drug-likeness (QED) is 0.687. The molecule has 2 heteroatoms. The zero-order valence-corrected chi connectivity index (χ0v) is 9.00. The number of aryl methyl sites for hydroxylation is 2. The lowest BCUT2D eigenvalue weighted by atomic mass is 10.2. The Labute approximate surface area is 80.2 Å². The summed E-state index contributed by atoms with van der Waals surface area (Å²) < 4.78 is 1.69. The number of hydrogen-bond acceptors (Lipinski definition) is 1. The van der Waals surface area contributed by atoms with Crippen molar-refractivity contribution >= 4 is 0 Å². The molecule has 0 aromatic carbocycles. The van der Waals surface area contributed by atoms with Gasteiger partial charge < -0.3 is 4.57 Å². The Kier molecular flexibility index (Phi) is 5.94. The van der Waals surface area contributed by atoms with Crippen LogP contribution < -0.4 is 5.56 Å². The third-order valence-corrected chi connectivity index (χ3v) is 1.81. The first-order valence-electron chi connectivity index (χ1n) is 4.97. The SMILES string of the molecule is CC.CCc1ccn(CC)c(=O)c1. The second-order valence-corrected chi connectivity index (χ2v) is 2.51. The number of rotatable bonds is 2. The highest BCUT2D eigenvalue weighted by Crippen LogP contribution is 1.94. The largest absolute Gasteiger partial charge is 0.316 e. The van der Waals surface area contributed by atoms with E-state index in [2.05, 4.69) is 0 Å². The van der Waals surface area contributed by atoms with Crippen LogP contribution in [0.15, 0.2) is 23.1 Å². The van der Waals surface area contributed by atoms with E-state index < -0.39 is 0 Å². The molecule has 0 fully saturated rings. The van der Waals surface area contributed by atoms with Crippen LogP contribution in [0.3, 0.4) is 0 Å². The first kappa shape index (κ1) is 11.9. The fraction of sp³-hybridized carbons (Fsp3) is 0.545. The Hall–Kier alpha value is -1.05. The second kappa shape index (κ2) is 6.46. The van der Waals surface area contributed by atoms with Crippen LogP contribution in [0.25, 0.3) is 0 Å². The molecule has 0 amide bonds. The summed E-state index contributed by atoms with van der Waals surface area (Å²) in [6.45, 7) is 8.76. The molecule has 0 N–H and O–H groups in total. The molecule has 0 bridgehead atoms. The summed E-state index contributed by atoms with van der Waals surface area (Å²) in [5.41, 5.74) is 1.21. The molecule has 1 aromatic heterocycles. The van der Waals surface area contributed by atoms with Gasteiger partial charge in [-0.15, -0.1) is 0 Å². The fourth-order valence-electron chi connectivity index (χ4n) is 1.03. The van der Waals surface area contributed by atoms with Gasteiger partial charge in [-0.3, -0.25) is 4.79 Å². The van der Waals surface area contributed by atoms with Gasteiger partial charge in [-0.1, -0.05) is 20.8 Å². The number of hydrogen-bond donors (Lipinski definition) is 0. The Balaban J connectivity index is 0.000000671. The molecule has 0 aliphatic carbocycles. The molecule has 0 unspecified atom stereocenters. The minimum atomic E-state index is 0.104. The van der Waals surface area contributed by atoms with Gasteiger partial charge in [0.1, 0.15) is 0 Å². The first-order valence-corrected chi connectivity index (χ1v) is 4.97. The van der Waals surface area contributed by atoms with Crippen LogP contribution >= 0.6 is 0 Å². The molecule has 0 radical (unpaired) electrons. The zero-order chi connectivity index (χ0) is 10.3. The Bertz CT molecular complexity index is 288. The standard InChI is InChI=1S/C9H13NO.C2H6/c1-3-8-5-6-10(4-2)9(11)7-8;1-2/h5-7H,3-4H2,1-2H3;1-2H3. The van der Waals surface area contributed by atoms with Gasteiger partial charge in [-0.25, -0.2) is 0 Å². The lowest BCUT2D eigenvalue weighted by Crippen LogP contribution is -2.17. The van der Waals surface area contributed by atoms with Gasteiger partial charge in [0.15, 0.2) is 0 Å². The molecule has 0 saturated heterocycles. The Morgan fingerprint density at radius 2 is 1.92 bits per heavy atom. The average molecular weight is 181 g/mol. The van der Waals surface area contributed by atoms with Gasteiger partial charge in [-0.05, 0) is 25.0 Å². The maximum absolute atomic E-state index is 11.2. The van der Waals surface area contributed by atoms with E-state index in [9.17, 15) is 4.79 Å². The highest BCUT2D eigenvalue weighted by atomic mass is 16.1. The summed E-state index contributed by atoms with van der Waals surface area (Å²) >= 11 is 0. The number of nitrogens with zero attached hydrogens (tertiary/aromatic N) is 1. The van der Waals surface area contributed by atoms with Crippen molar-refractivity contribution in [1.29, 1.82) is 0 Å². The van der Waals surface area contributed by atoms with Gasteiger partial charge in [-0.2, -0.15) is 0 Å². The molecule has 1 aromatic rings. The van der Waals surface area contributed by atoms with Crippen molar-refractivity contribution in [2.75, 3.05) is 0 Å². The molecule has 2 nitrogen and oxygen atoms in total. The van der Waals surface area contributed by atoms with Gasteiger partial charge >= 0.3 is 0 Å². The third kappa shape index (κ3) is 3.45. The molecule has 13 heavy (non-hydrogen) atoms. The van der Waals surface area contributed by atoms with Gasteiger partial charge in [0.25, 0.3) is 5.56 Å². The summed E-state index contributed by atoms with van der Waals surface area (Å²) in [4.78, 5) is 11.2. The highest BCUT2D eigenvalue weighted by molar-refractivity contribution is 5.10. The predicted molar refractivity (Wildman–Crippen MR) is 57.1 cm³/mol. The van der Waals surface area contributed by atoms with E-state index in [0.29, 0.717) is 0 Å². The van der Waals surface area contributed by atoms with Crippen molar-refractivity contribution in [2.45, 2.75) is 40.7 Å². The van der Waals surface area contributed by atoms with Gasteiger partial charge in [0, 0.05) is 18.8 Å². The Morgan fingerprint density at radius 3 is 2.31 bits per heavy atom. The van der Waals surface area contributed by atoms with Crippen molar-refractivity contribution in [3.63, 3.8) is 0 Å². The summed E-state index contributed by atoms with van der Waals surface area (Å²) in [5, 5.41) is 0. The molecule has 0 aliphatic rings. The van der Waals surface area contributed by atoms with E-state index in [1.807, 2.05) is 40.0 Å². The van der Waals surface area contributed by atoms with E-state index >= 15 is 0 Å². The lowest BCUT2D eigenvalue weighted by molar-refractivity contribution is 0.723. The molecule has 74 valence electrons. The summed E-state index contributed by atoms with van der Waals surface area (Å²) in [5.74, 6) is 0. The van der Waals surface area contributed by atoms with Crippen molar-refractivity contribution in [3.05, 3.63) is 34.2 Å². The monoisotopic (exact) mass is 181 g/mol. The van der Waals surface area contributed by atoms with Crippen molar-refractivity contribution < 1.29 is 0 Å². The first-order chi connectivity index (χ1) is 6.27. The minimum absolute atomic E-state index is 0.104. The van der Waals surface area contributed by atoms with Crippen molar-refractivity contribution in [2.24, 2.45) is 0 Å². The van der Waals surface area contributed by atoms with Crippen LogP contribution in [0.2, 0.25) is 0 Å². The van der Waals surface area contributed by atoms with E-state index in [0.717, 1.165) is 18.5 Å². The van der Waals surface area contributed by atoms with Crippen LogP contribution in [-0.2, 0) is 13.0 Å². The maximum atomic E-state index is 11.2. The smallest absolute Gasteiger partial charge is 0.250 e. The molecular weight excluding hydrogens is 162 g/mol. The van der Waals surface area contributed by atoms with E-state index in [4.69, 9.17) is 0 Å². The van der Waals surface area contributed by atoms with E-state index in [1.54, 1.807) is 10.6 Å². The maximum Gasteiger partial charge on any atom is 0.250 e. The Morgan fingerprint density at radius 1 is 1.31 bits per heavy atom. The molecule has 0 saturated carbocycles. The summed E-state index contributed by atoms with van der Waals surface area (Å²) in [7, 11) is 0. The molecule has 0 atom stereocenters. The lowest BCUT2D eigenvalue weighted by Gasteiger charge is -2.01. The summed E-state index contributed by atoms with van der Waals surface area (Å²) in [6, 6.07) is 3.69. The van der Waals surface area contributed by atoms with Crippen LogP contribution in [-0.4, -0.2) is 4.57 Å². The van der Waals surface area contributed by atoms with Crippen molar-refractivity contribution in [1.82, 2.24) is 4.57 Å². The fourth-order valence-corrected chi connectivity index (χ4v) is 1.03. The average Bonchev–Trinajstić information content (AvgIpc) is 2.20. The second-order valence-electron chi connectivity index (χ2n) is 2.51. The number of pyridine rings is 1. The minimum Gasteiger partial charge on any atom is -0.316 e. The summed E-state index contributed by atoms with van der Waals surface area (Å²) in [6.07, 6.45) is 2.78. The predicted octanol–water partition coefficient (Wildman–Crippen LogP) is 2.46. The van der Waals surface area contributed by atoms with Crippen LogP contribution in [0.1, 0.15) is 33.3 Å². The molecule has 1 rings (SSSR count). The molecular formula is C11H19NO. The van der Waals surface area contributed by atoms with E-state index in [1.165, 1.54) is 0 Å². The van der Waals surface area contributed by atoms with Crippen LogP contribution in [0.5, 0.6) is 0 Å². The van der Waals surface area contributed by atoms with Crippen LogP contribution in [0, 0.1) is 0 Å². The topological polar surface area (TPSA) is 22.0 Å². The van der Waals surface area contributed by atoms with Gasteiger partial charge in [0.05, 0.1) is 0 Å². The van der Waals surface area contributed by atoms with E-state index in [-0.39, 0.29) is 5.56 Å². The number of aromatic nitrogens is 1. The molecule has 0 spiro atoms. The molecule has 0 aliphatic heterocycles.